The standard InChI is InChI=1S/C15H10ClN5O/c16-13-7-18-6-12(19-13)10-4-3-8-1-2-9(5-11(8)10)14-20-21-15(17)22-14/h1-2,4-7H,3H2,(H2,17,21). The summed E-state index contributed by atoms with van der Waals surface area (Å²) in [6.45, 7) is 0. The lowest BCUT2D eigenvalue weighted by molar-refractivity contribution is 0.590. The number of hydrogen-bond acceptors (Lipinski definition) is 6. The van der Waals surface area contributed by atoms with Gasteiger partial charge in [-0.25, -0.2) is 4.98 Å². The van der Waals surface area contributed by atoms with Crippen LogP contribution in [0, 0.1) is 0 Å². The van der Waals surface area contributed by atoms with Crippen molar-refractivity contribution in [3.63, 3.8) is 0 Å². The molecule has 0 saturated heterocycles. The molecule has 1 aliphatic rings. The molecule has 6 nitrogen and oxygen atoms in total. The number of nitrogen functional groups attached to an aromatic ring is 1. The van der Waals surface area contributed by atoms with Crippen LogP contribution >= 0.6 is 11.6 Å². The van der Waals surface area contributed by atoms with Crippen LogP contribution in [0.3, 0.4) is 0 Å². The van der Waals surface area contributed by atoms with Crippen LogP contribution in [-0.4, -0.2) is 20.2 Å². The average molecular weight is 312 g/mol. The van der Waals surface area contributed by atoms with E-state index in [4.69, 9.17) is 21.8 Å². The molecule has 0 unspecified atom stereocenters. The van der Waals surface area contributed by atoms with Gasteiger partial charge in [-0.3, -0.25) is 4.98 Å². The molecule has 3 aromatic rings. The lowest BCUT2D eigenvalue weighted by Crippen LogP contribution is -1.93. The largest absolute Gasteiger partial charge is 0.404 e. The SMILES string of the molecule is Nc1nnc(-c2ccc3c(c2)C(c2cncc(Cl)n2)=CC3)o1. The summed E-state index contributed by atoms with van der Waals surface area (Å²) >= 11 is 5.93. The van der Waals surface area contributed by atoms with Crippen LogP contribution in [0.5, 0.6) is 0 Å². The summed E-state index contributed by atoms with van der Waals surface area (Å²) in [6.07, 6.45) is 6.16. The highest BCUT2D eigenvalue weighted by Crippen LogP contribution is 2.34. The van der Waals surface area contributed by atoms with Crippen molar-refractivity contribution in [1.29, 1.82) is 0 Å². The van der Waals surface area contributed by atoms with E-state index in [1.54, 1.807) is 6.20 Å². The van der Waals surface area contributed by atoms with E-state index in [0.29, 0.717) is 11.0 Å². The third kappa shape index (κ3) is 2.14. The Labute approximate surface area is 130 Å². The molecule has 0 amide bonds. The van der Waals surface area contributed by atoms with Gasteiger partial charge in [0.25, 0.3) is 0 Å². The summed E-state index contributed by atoms with van der Waals surface area (Å²) in [6, 6.07) is 6.01. The van der Waals surface area contributed by atoms with Gasteiger partial charge in [-0.1, -0.05) is 28.8 Å². The Morgan fingerprint density at radius 1 is 1.18 bits per heavy atom. The normalized spacial score (nSPS) is 13.0. The van der Waals surface area contributed by atoms with Crippen molar-refractivity contribution in [2.75, 3.05) is 5.73 Å². The van der Waals surface area contributed by atoms with Gasteiger partial charge in [0.15, 0.2) is 0 Å². The van der Waals surface area contributed by atoms with Crippen molar-refractivity contribution >= 4 is 23.2 Å². The number of rotatable bonds is 2. The first-order chi connectivity index (χ1) is 10.7. The van der Waals surface area contributed by atoms with Crippen molar-refractivity contribution in [3.05, 3.63) is 58.6 Å². The third-order valence-electron chi connectivity index (χ3n) is 3.49. The second kappa shape index (κ2) is 4.92. The van der Waals surface area contributed by atoms with Crippen LogP contribution in [0.2, 0.25) is 5.15 Å². The van der Waals surface area contributed by atoms with E-state index in [9.17, 15) is 0 Å². The van der Waals surface area contributed by atoms with Crippen molar-refractivity contribution in [2.45, 2.75) is 6.42 Å². The number of nitrogens with zero attached hydrogens (tertiary/aromatic N) is 4. The fourth-order valence-corrected chi connectivity index (χ4v) is 2.67. The molecule has 0 fully saturated rings. The molecule has 0 radical (unpaired) electrons. The number of anilines is 1. The molecule has 2 heterocycles. The smallest absolute Gasteiger partial charge is 0.313 e. The Hall–Kier alpha value is -2.73. The molecule has 0 atom stereocenters. The maximum Gasteiger partial charge on any atom is 0.313 e. The van der Waals surface area contributed by atoms with E-state index in [2.05, 4.69) is 26.2 Å². The molecule has 4 rings (SSSR count). The second-order valence-electron chi connectivity index (χ2n) is 4.87. The fraction of sp³-hybridized carbons (Fsp3) is 0.0667. The highest BCUT2D eigenvalue weighted by Gasteiger charge is 2.19. The minimum absolute atomic E-state index is 0.0481. The Morgan fingerprint density at radius 2 is 2.09 bits per heavy atom. The number of benzene rings is 1. The van der Waals surface area contributed by atoms with E-state index >= 15 is 0 Å². The topological polar surface area (TPSA) is 90.7 Å². The van der Waals surface area contributed by atoms with E-state index in [1.165, 1.54) is 11.8 Å². The van der Waals surface area contributed by atoms with Gasteiger partial charge < -0.3 is 10.2 Å². The molecule has 2 aromatic heterocycles. The van der Waals surface area contributed by atoms with Crippen LogP contribution in [0.15, 0.2) is 41.1 Å². The Bertz CT molecular complexity index is 902. The maximum atomic E-state index is 5.93. The number of fused-ring (bicyclic) bond motifs is 1. The van der Waals surface area contributed by atoms with Gasteiger partial charge in [-0.05, 0) is 29.7 Å². The predicted molar refractivity (Wildman–Crippen MR) is 82.0 cm³/mol. The Morgan fingerprint density at radius 3 is 2.86 bits per heavy atom. The van der Waals surface area contributed by atoms with Gasteiger partial charge in [0.2, 0.25) is 5.89 Å². The summed E-state index contributed by atoms with van der Waals surface area (Å²) in [7, 11) is 0. The van der Waals surface area contributed by atoms with E-state index in [0.717, 1.165) is 28.8 Å². The zero-order valence-corrected chi connectivity index (χ0v) is 12.1. The zero-order chi connectivity index (χ0) is 15.1. The number of nitrogens with two attached hydrogens (primary N) is 1. The molecule has 0 aliphatic heterocycles. The molecular weight excluding hydrogens is 302 g/mol. The van der Waals surface area contributed by atoms with Crippen LogP contribution in [0.4, 0.5) is 6.01 Å². The summed E-state index contributed by atoms with van der Waals surface area (Å²) in [5.41, 5.74) is 10.3. The molecule has 0 spiro atoms. The molecule has 0 bridgehead atoms. The second-order valence-corrected chi connectivity index (χ2v) is 5.25. The van der Waals surface area contributed by atoms with Gasteiger partial charge >= 0.3 is 6.01 Å². The number of aromatic nitrogens is 4. The molecular formula is C15H10ClN5O. The highest BCUT2D eigenvalue weighted by molar-refractivity contribution is 6.29. The molecule has 2 N–H and O–H groups in total. The predicted octanol–water partition coefficient (Wildman–Crippen LogP) is 2.75. The lowest BCUT2D eigenvalue weighted by Gasteiger charge is -2.07. The van der Waals surface area contributed by atoms with Crippen molar-refractivity contribution in [2.24, 2.45) is 0 Å². The van der Waals surface area contributed by atoms with Gasteiger partial charge in [-0.2, -0.15) is 0 Å². The van der Waals surface area contributed by atoms with Crippen molar-refractivity contribution in [3.8, 4) is 11.5 Å². The van der Waals surface area contributed by atoms with Gasteiger partial charge in [-0.15, -0.1) is 5.10 Å². The molecule has 108 valence electrons. The third-order valence-corrected chi connectivity index (χ3v) is 3.68. The van der Waals surface area contributed by atoms with Crippen LogP contribution in [0.1, 0.15) is 16.8 Å². The van der Waals surface area contributed by atoms with E-state index in [1.807, 2.05) is 18.2 Å². The molecule has 0 saturated carbocycles. The highest BCUT2D eigenvalue weighted by atomic mass is 35.5. The maximum absolute atomic E-state index is 5.93. The molecule has 1 aliphatic carbocycles. The number of hydrogen-bond donors (Lipinski definition) is 1. The minimum atomic E-state index is 0.0481. The van der Waals surface area contributed by atoms with Gasteiger partial charge in [0, 0.05) is 11.1 Å². The molecule has 1 aromatic carbocycles. The van der Waals surface area contributed by atoms with Gasteiger partial charge in [0.05, 0.1) is 18.1 Å². The Kier molecular flexibility index (Phi) is 2.90. The minimum Gasteiger partial charge on any atom is -0.404 e. The lowest BCUT2D eigenvalue weighted by atomic mass is 10.0. The van der Waals surface area contributed by atoms with E-state index in [-0.39, 0.29) is 6.01 Å². The van der Waals surface area contributed by atoms with Crippen molar-refractivity contribution < 1.29 is 4.42 Å². The van der Waals surface area contributed by atoms with Crippen LogP contribution < -0.4 is 5.73 Å². The Balaban J connectivity index is 1.80. The average Bonchev–Trinajstić information content (AvgIpc) is 3.12. The fourth-order valence-electron chi connectivity index (χ4n) is 2.53. The first-order valence-electron chi connectivity index (χ1n) is 6.61. The van der Waals surface area contributed by atoms with E-state index < -0.39 is 0 Å². The quantitative estimate of drug-likeness (QED) is 0.782. The molecule has 22 heavy (non-hydrogen) atoms. The summed E-state index contributed by atoms with van der Waals surface area (Å²) in [4.78, 5) is 8.42. The first kappa shape index (κ1) is 13.0. The van der Waals surface area contributed by atoms with Crippen LogP contribution in [-0.2, 0) is 6.42 Å². The number of allylic oxidation sites excluding steroid dienone is 1. The van der Waals surface area contributed by atoms with Crippen molar-refractivity contribution in [1.82, 2.24) is 20.2 Å². The first-order valence-corrected chi connectivity index (χ1v) is 6.99. The summed E-state index contributed by atoms with van der Waals surface area (Å²) in [5.74, 6) is 0.392. The summed E-state index contributed by atoms with van der Waals surface area (Å²) in [5, 5.41) is 7.96. The summed E-state index contributed by atoms with van der Waals surface area (Å²) < 4.78 is 5.28. The zero-order valence-electron chi connectivity index (χ0n) is 11.3. The monoisotopic (exact) mass is 311 g/mol. The number of halogens is 1. The van der Waals surface area contributed by atoms with Gasteiger partial charge in [0.1, 0.15) is 5.15 Å². The van der Waals surface area contributed by atoms with Crippen LogP contribution in [0.25, 0.3) is 17.0 Å². The molecule has 7 heteroatoms.